The van der Waals surface area contributed by atoms with Gasteiger partial charge >= 0.3 is 106 Å². The van der Waals surface area contributed by atoms with Gasteiger partial charge in [0.2, 0.25) is 0 Å². The molecule has 0 saturated heterocycles. The Morgan fingerprint density at radius 1 is 0.301 bits per heavy atom. The maximum atomic E-state index is 12.6. The standard InChI is InChI=1S/2C9H15NO6P2.2C8H12BrNO6P2.C8H12FNO6P2.C7H12N2O6P2.C6H11NO6P2S/c1-7-2-3-8(10-6-7)4-5-9(17(11,12)13)18(14,15)16;1-7-3-2-6-10-8(7)4-5-9(17(11,12)13)18(14,15)16;9-6-1-2-7(10-5-6)3-4-8(17(11,12)13)18(14,15)16;9-6-2-1-5-10-7(6)3-4-8(17(11,12)13)18(14,15)16;9-6-1-2-7(10-5-6)3-4-8(17(11,12)13)18(14,15)16;10-16(11,12)7(17(13,14)15)3-2-6-8-4-1-5-9-6;8-14(9,10)6(15(11,12)13)2-1-5-7-3-4-16-5/h2*2-3,6,9H,4-5H2,1H3,(H2,11,12,13)(H2,14,15,16);3*1-2,5,8H,3-4H2,(H2,11,12,13)(H2,14,15,16);1,4-5,7H,2-3H2,(H2,10,11,12)(H2,13,14,15);3-4,6H,1-2H2,(H2,8,9,10)(H2,11,12,13). The van der Waals surface area contributed by atoms with Gasteiger partial charge in [0.1, 0.15) is 11.6 Å². The minimum absolute atomic E-state index is 0.0122. The summed E-state index contributed by atoms with van der Waals surface area (Å²) in [5, 5.41) is -11.6. The van der Waals surface area contributed by atoms with Crippen molar-refractivity contribution in [1.82, 2.24) is 39.9 Å². The van der Waals surface area contributed by atoms with Crippen LogP contribution >= 0.6 is 150 Å². The van der Waals surface area contributed by atoms with Gasteiger partial charge in [0.25, 0.3) is 0 Å². The van der Waals surface area contributed by atoms with Crippen molar-refractivity contribution in [1.29, 1.82) is 0 Å². The summed E-state index contributed by atoms with van der Waals surface area (Å²) in [5.41, 5.74) is 4.14. The van der Waals surface area contributed by atoms with Gasteiger partial charge < -0.3 is 137 Å². The molecule has 0 aromatic carbocycles. The molecule has 0 aliphatic rings. The molecule has 7 aromatic rings. The molecule has 0 aliphatic heterocycles. The van der Waals surface area contributed by atoms with Crippen LogP contribution in [0.1, 0.15) is 95.4 Å². The summed E-state index contributed by atoms with van der Waals surface area (Å²) < 4.78 is 168. The number of thiazole rings is 1. The van der Waals surface area contributed by atoms with Crippen molar-refractivity contribution in [2.75, 3.05) is 0 Å². The van der Waals surface area contributed by atoms with E-state index in [1.807, 2.05) is 6.92 Å². The molecule has 7 aromatic heterocycles. The third-order valence-corrected chi connectivity index (χ3v) is 44.7. The Hall–Kier alpha value is -2.55. The molecule has 0 radical (unpaired) electrons. The van der Waals surface area contributed by atoms with Crippen LogP contribution in [0.3, 0.4) is 0 Å². The van der Waals surface area contributed by atoms with Crippen LogP contribution in [0, 0.1) is 19.7 Å². The monoisotopic (exact) mass is 2180 g/mol. The van der Waals surface area contributed by atoms with Crippen molar-refractivity contribution in [2.45, 2.75) is 142 Å². The Balaban J connectivity index is 0.000000718. The highest BCUT2D eigenvalue weighted by Gasteiger charge is 2.48. The van der Waals surface area contributed by atoms with Crippen LogP contribution in [0.4, 0.5) is 4.39 Å². The van der Waals surface area contributed by atoms with Gasteiger partial charge in [-0.05, 0) is 188 Å². The van der Waals surface area contributed by atoms with E-state index < -0.39 is 156 Å². The van der Waals surface area contributed by atoms with Gasteiger partial charge in [-0.1, -0.05) is 12.1 Å². The van der Waals surface area contributed by atoms with Crippen LogP contribution in [0.5, 0.6) is 0 Å². The fraction of sp³-hybridized carbons (Fsp3) is 0.418. The second kappa shape index (κ2) is 50.9. The molecule has 0 bridgehead atoms. The van der Waals surface area contributed by atoms with Crippen LogP contribution in [0.25, 0.3) is 0 Å². The van der Waals surface area contributed by atoms with Gasteiger partial charge in [-0.25, -0.2) is 19.3 Å². The van der Waals surface area contributed by atoms with Crippen LogP contribution < -0.4 is 0 Å². The second-order valence-corrected chi connectivity index (χ2v) is 56.3. The number of rotatable bonds is 35. The predicted octanol–water partition coefficient (Wildman–Crippen LogP) is 6.61. The fourth-order valence-corrected chi connectivity index (χ4v) is 28.4. The van der Waals surface area contributed by atoms with Gasteiger partial charge in [-0.15, -0.1) is 11.3 Å². The first-order valence-corrected chi connectivity index (χ1v) is 59.5. The summed E-state index contributed by atoms with van der Waals surface area (Å²) in [6.07, 6.45) is 9.39. The lowest BCUT2D eigenvalue weighted by molar-refractivity contribution is 0.331. The Morgan fingerprint density at radius 3 is 0.886 bits per heavy atom. The topological polar surface area (TPSA) is 909 Å². The van der Waals surface area contributed by atoms with Crippen molar-refractivity contribution in [3.05, 3.63) is 187 Å². The number of pyridine rings is 5. The number of halogens is 3. The average molecular weight is 2180 g/mol. The second-order valence-electron chi connectivity index (χ2n) is 25.4. The summed E-state index contributed by atoms with van der Waals surface area (Å²) in [7, 11) is -67.9. The van der Waals surface area contributed by atoms with Crippen molar-refractivity contribution in [3.63, 3.8) is 0 Å². The number of hydrogen-bond acceptors (Lipinski definition) is 23. The van der Waals surface area contributed by atoms with E-state index in [1.165, 1.54) is 54.6 Å². The van der Waals surface area contributed by atoms with Crippen molar-refractivity contribution >= 4 is 150 Å². The Labute approximate surface area is 718 Å². The normalized spacial score (nSPS) is 13.0. The first-order chi connectivity index (χ1) is 55.5. The molecule has 28 N–H and O–H groups in total. The molecule has 7 rings (SSSR count). The molecule has 0 saturated carbocycles. The Bertz CT molecular complexity index is 4700. The van der Waals surface area contributed by atoms with Crippen molar-refractivity contribution < 1.29 is 205 Å². The van der Waals surface area contributed by atoms with E-state index in [0.717, 1.165) is 27.9 Å². The summed E-state index contributed by atoms with van der Waals surface area (Å²) >= 11 is 7.64. The SMILES string of the molecule is Cc1ccc(CCC(P(=O)(O)O)P(=O)(O)O)nc1.Cc1cccnc1CCC(P(=O)(O)O)P(=O)(O)O.O=P(O)(O)C(CCc1ccc(Br)cn1)P(=O)(O)O.O=P(O)(O)C(CCc1ccc(F)cn1)P(=O)(O)O.O=P(O)(O)C(CCc1ncccc1Br)P(=O)(O)O.O=P(O)(O)C(CCc1ncccn1)P(=O)(O)O.O=P(O)(O)C(CCc1nccs1)P(=O)(O)O. The summed E-state index contributed by atoms with van der Waals surface area (Å²) in [4.78, 5) is 280. The largest absolute Gasteiger partial charge is 0.340 e. The number of hydrogen-bond donors (Lipinski definition) is 28. The Kier molecular flexibility index (Phi) is 49.0. The quantitative estimate of drug-likeness (QED) is 0.0186. The van der Waals surface area contributed by atoms with E-state index in [-0.39, 0.29) is 89.3 Å². The molecule has 0 atom stereocenters. The van der Waals surface area contributed by atoms with Gasteiger partial charge in [0, 0.05) is 93.3 Å². The molecule has 698 valence electrons. The van der Waals surface area contributed by atoms with E-state index in [1.54, 1.807) is 73.1 Å². The highest BCUT2D eigenvalue weighted by molar-refractivity contribution is 9.10. The summed E-state index contributed by atoms with van der Waals surface area (Å²) in [6.45, 7) is 3.61. The third-order valence-electron chi connectivity index (χ3n) is 15.5. The van der Waals surface area contributed by atoms with E-state index in [4.69, 9.17) is 137 Å². The summed E-state index contributed by atoms with van der Waals surface area (Å²) in [5.74, 6) is -0.292. The van der Waals surface area contributed by atoms with E-state index in [2.05, 4.69) is 71.7 Å². The van der Waals surface area contributed by atoms with E-state index in [0.29, 0.717) is 37.9 Å². The third kappa shape index (κ3) is 49.0. The highest BCUT2D eigenvalue weighted by atomic mass is 79.9. The molecule has 0 spiro atoms. The van der Waals surface area contributed by atoms with Crippen LogP contribution in [0.2, 0.25) is 0 Å². The lowest BCUT2D eigenvalue weighted by Gasteiger charge is -2.19. The molecular formula is C55H89Br2FN8O42P14S. The molecule has 0 aliphatic carbocycles. The molecule has 0 fully saturated rings. The van der Waals surface area contributed by atoms with Gasteiger partial charge in [0.05, 0.1) is 16.9 Å². The maximum absolute atomic E-state index is 12.6. The Morgan fingerprint density at radius 2 is 0.593 bits per heavy atom. The molecule has 123 heavy (non-hydrogen) atoms. The fourth-order valence-electron chi connectivity index (χ4n) is 9.57. The van der Waals surface area contributed by atoms with E-state index in [9.17, 15) is 68.3 Å². The molecular weight excluding hydrogens is 2090 g/mol. The lowest BCUT2D eigenvalue weighted by Crippen LogP contribution is -2.11. The van der Waals surface area contributed by atoms with Crippen LogP contribution in [0.15, 0.2) is 131 Å². The zero-order valence-corrected chi connectivity index (χ0v) is 79.6. The van der Waals surface area contributed by atoms with Gasteiger partial charge in [0.15, 0.2) is 37.8 Å². The maximum Gasteiger partial charge on any atom is 0.340 e. The molecule has 68 heteroatoms. The summed E-state index contributed by atoms with van der Waals surface area (Å²) in [6, 6.07) is 17.5. The molecule has 50 nitrogen and oxygen atoms in total. The first-order valence-electron chi connectivity index (χ1n) is 33.5. The van der Waals surface area contributed by atoms with Crippen molar-refractivity contribution in [2.24, 2.45) is 0 Å². The average Bonchev–Trinajstić information content (AvgIpc) is 1.16. The van der Waals surface area contributed by atoms with Gasteiger partial charge in [-0.2, -0.15) is 0 Å². The molecule has 7 heterocycles. The molecule has 0 unspecified atom stereocenters. The minimum atomic E-state index is -4.91. The van der Waals surface area contributed by atoms with Crippen LogP contribution in [-0.2, 0) is 109 Å². The van der Waals surface area contributed by atoms with Crippen molar-refractivity contribution in [3.8, 4) is 0 Å². The zero-order chi connectivity index (χ0) is 95.4. The number of aryl methyl sites for hydroxylation is 9. The number of aromatic nitrogens is 8. The predicted molar refractivity (Wildman–Crippen MR) is 444 cm³/mol. The van der Waals surface area contributed by atoms with E-state index >= 15 is 0 Å². The minimum Gasteiger partial charge on any atom is -0.324 e. The smallest absolute Gasteiger partial charge is 0.324 e. The zero-order valence-electron chi connectivity index (χ0n) is 63.1. The highest BCUT2D eigenvalue weighted by Crippen LogP contribution is 2.67. The first kappa shape index (κ1) is 118. The van der Waals surface area contributed by atoms with Crippen LogP contribution in [-0.4, -0.2) is 215 Å². The van der Waals surface area contributed by atoms with Gasteiger partial charge in [-0.3, -0.25) is 88.8 Å². The number of nitrogens with zero attached hydrogens (tertiary/aromatic N) is 8. The lowest BCUT2D eigenvalue weighted by atomic mass is 10.1. The molecule has 0 amide bonds.